The van der Waals surface area contributed by atoms with Gasteiger partial charge in [0.2, 0.25) is 11.8 Å². The van der Waals surface area contributed by atoms with Gasteiger partial charge in [-0.25, -0.2) is 8.42 Å². The average Bonchev–Trinajstić information content (AvgIpc) is 2.94. The highest BCUT2D eigenvalue weighted by Gasteiger charge is 2.33. The molecule has 0 aliphatic heterocycles. The molecular formula is C30H37N3O4S. The van der Waals surface area contributed by atoms with E-state index in [0.717, 1.165) is 23.1 Å². The second kappa shape index (κ2) is 13.2. The van der Waals surface area contributed by atoms with Crippen molar-refractivity contribution in [2.75, 3.05) is 17.4 Å². The number of carbonyl (C=O) groups is 2. The summed E-state index contributed by atoms with van der Waals surface area (Å²) in [7, 11) is -4.07. The Morgan fingerprint density at radius 1 is 0.868 bits per heavy atom. The van der Waals surface area contributed by atoms with Crippen LogP contribution in [0.3, 0.4) is 0 Å². The highest BCUT2D eigenvalue weighted by molar-refractivity contribution is 7.92. The predicted molar refractivity (Wildman–Crippen MR) is 151 cm³/mol. The minimum Gasteiger partial charge on any atom is -0.354 e. The third-order valence-electron chi connectivity index (χ3n) is 6.57. The maximum atomic E-state index is 14.0. The van der Waals surface area contributed by atoms with Crippen molar-refractivity contribution in [3.63, 3.8) is 0 Å². The van der Waals surface area contributed by atoms with E-state index in [0.29, 0.717) is 18.7 Å². The topological polar surface area (TPSA) is 86.8 Å². The van der Waals surface area contributed by atoms with Gasteiger partial charge in [-0.15, -0.1) is 0 Å². The van der Waals surface area contributed by atoms with Gasteiger partial charge < -0.3 is 10.2 Å². The summed E-state index contributed by atoms with van der Waals surface area (Å²) in [5, 5.41) is 2.86. The number of carbonyl (C=O) groups excluding carboxylic acids is 2. The van der Waals surface area contributed by atoms with Crippen molar-refractivity contribution < 1.29 is 18.0 Å². The lowest BCUT2D eigenvalue weighted by Gasteiger charge is -2.33. The Morgan fingerprint density at radius 3 is 2.11 bits per heavy atom. The monoisotopic (exact) mass is 535 g/mol. The van der Waals surface area contributed by atoms with E-state index in [1.54, 1.807) is 37.3 Å². The van der Waals surface area contributed by atoms with Crippen LogP contribution < -0.4 is 9.62 Å². The maximum Gasteiger partial charge on any atom is 0.264 e. The number of benzene rings is 3. The highest BCUT2D eigenvalue weighted by atomic mass is 32.2. The Balaban J connectivity index is 2.05. The largest absolute Gasteiger partial charge is 0.354 e. The number of nitrogens with zero attached hydrogens (tertiary/aromatic N) is 2. The zero-order valence-corrected chi connectivity index (χ0v) is 23.4. The number of para-hydroxylation sites is 1. The van der Waals surface area contributed by atoms with Gasteiger partial charge in [0.25, 0.3) is 10.0 Å². The van der Waals surface area contributed by atoms with E-state index in [-0.39, 0.29) is 17.3 Å². The van der Waals surface area contributed by atoms with Crippen LogP contribution in [0.15, 0.2) is 83.8 Å². The number of rotatable bonds is 12. The average molecular weight is 536 g/mol. The van der Waals surface area contributed by atoms with Crippen molar-refractivity contribution in [2.24, 2.45) is 0 Å². The molecule has 1 atom stereocenters. The van der Waals surface area contributed by atoms with Crippen LogP contribution in [0.2, 0.25) is 0 Å². The van der Waals surface area contributed by atoms with Crippen molar-refractivity contribution in [2.45, 2.75) is 58.0 Å². The lowest BCUT2D eigenvalue weighted by atomic mass is 10.1. The van der Waals surface area contributed by atoms with Crippen molar-refractivity contribution in [1.82, 2.24) is 10.2 Å². The van der Waals surface area contributed by atoms with Gasteiger partial charge in [0, 0.05) is 13.1 Å². The molecule has 0 aliphatic rings. The molecule has 0 heterocycles. The van der Waals surface area contributed by atoms with E-state index in [2.05, 4.69) is 5.32 Å². The Kier molecular flexibility index (Phi) is 10.1. The highest BCUT2D eigenvalue weighted by Crippen LogP contribution is 2.28. The number of hydrogen-bond acceptors (Lipinski definition) is 4. The summed E-state index contributed by atoms with van der Waals surface area (Å²) in [5.41, 5.74) is 3.13. The smallest absolute Gasteiger partial charge is 0.264 e. The second-order valence-corrected chi connectivity index (χ2v) is 11.1. The summed E-state index contributed by atoms with van der Waals surface area (Å²) < 4.78 is 29.0. The van der Waals surface area contributed by atoms with Gasteiger partial charge in [0.15, 0.2) is 0 Å². The van der Waals surface area contributed by atoms with E-state index >= 15 is 0 Å². The molecule has 1 unspecified atom stereocenters. The fourth-order valence-corrected chi connectivity index (χ4v) is 5.71. The van der Waals surface area contributed by atoms with Crippen LogP contribution in [0.25, 0.3) is 0 Å². The number of amides is 2. The molecule has 0 saturated heterocycles. The van der Waals surface area contributed by atoms with E-state index in [1.165, 1.54) is 21.3 Å². The zero-order valence-electron chi connectivity index (χ0n) is 22.6. The van der Waals surface area contributed by atoms with E-state index in [4.69, 9.17) is 0 Å². The molecule has 0 aliphatic carbocycles. The molecule has 3 aromatic rings. The zero-order chi connectivity index (χ0) is 27.7. The maximum absolute atomic E-state index is 14.0. The molecule has 1 N–H and O–H groups in total. The Bertz CT molecular complexity index is 1340. The van der Waals surface area contributed by atoms with E-state index < -0.39 is 28.5 Å². The third kappa shape index (κ3) is 6.81. The summed E-state index contributed by atoms with van der Waals surface area (Å²) in [6.07, 6.45) is 1.36. The molecule has 3 aromatic carbocycles. The second-order valence-electron chi connectivity index (χ2n) is 9.22. The van der Waals surface area contributed by atoms with E-state index in [9.17, 15) is 18.0 Å². The summed E-state index contributed by atoms with van der Waals surface area (Å²) in [4.78, 5) is 28.5. The molecule has 0 saturated carbocycles. The summed E-state index contributed by atoms with van der Waals surface area (Å²) in [5.74, 6) is -0.738. The summed E-state index contributed by atoms with van der Waals surface area (Å²) >= 11 is 0. The van der Waals surface area contributed by atoms with Crippen LogP contribution in [0.1, 0.15) is 43.9 Å². The molecule has 38 heavy (non-hydrogen) atoms. The molecule has 7 nitrogen and oxygen atoms in total. The predicted octanol–water partition coefficient (Wildman–Crippen LogP) is 4.70. The fourth-order valence-electron chi connectivity index (χ4n) is 4.24. The van der Waals surface area contributed by atoms with Crippen LogP contribution in [-0.4, -0.2) is 44.3 Å². The van der Waals surface area contributed by atoms with Gasteiger partial charge in [-0.3, -0.25) is 13.9 Å². The first-order valence-corrected chi connectivity index (χ1v) is 14.4. The van der Waals surface area contributed by atoms with Crippen molar-refractivity contribution >= 4 is 27.5 Å². The van der Waals surface area contributed by atoms with Gasteiger partial charge >= 0.3 is 0 Å². The van der Waals surface area contributed by atoms with Crippen molar-refractivity contribution in [1.29, 1.82) is 0 Å². The lowest BCUT2D eigenvalue weighted by Crippen LogP contribution is -2.51. The molecule has 0 fully saturated rings. The molecule has 3 rings (SSSR count). The normalized spacial score (nSPS) is 12.0. The number of aryl methyl sites for hydroxylation is 2. The lowest BCUT2D eigenvalue weighted by molar-refractivity contribution is -0.139. The van der Waals surface area contributed by atoms with Crippen LogP contribution >= 0.6 is 0 Å². The quantitative estimate of drug-likeness (QED) is 0.364. The van der Waals surface area contributed by atoms with Crippen LogP contribution in [0.4, 0.5) is 5.69 Å². The van der Waals surface area contributed by atoms with E-state index in [1.807, 2.05) is 57.2 Å². The van der Waals surface area contributed by atoms with Crippen molar-refractivity contribution in [3.8, 4) is 0 Å². The number of hydrogen-bond donors (Lipinski definition) is 1. The van der Waals surface area contributed by atoms with Crippen LogP contribution in [-0.2, 0) is 32.6 Å². The van der Waals surface area contributed by atoms with Gasteiger partial charge in [0.1, 0.15) is 12.6 Å². The molecule has 0 radical (unpaired) electrons. The SMILES string of the molecule is CCCNC(=O)C(C)N(Cc1ccccc1C)C(=O)CN(c1ccccc1CC)S(=O)(=O)c1ccccc1. The van der Waals surface area contributed by atoms with Gasteiger partial charge in [0.05, 0.1) is 10.6 Å². The Labute approximate surface area is 226 Å². The molecule has 8 heteroatoms. The molecule has 2 amide bonds. The molecule has 0 aromatic heterocycles. The fraction of sp³-hybridized carbons (Fsp3) is 0.333. The summed E-state index contributed by atoms with van der Waals surface area (Å²) in [6, 6.07) is 22.2. The van der Waals surface area contributed by atoms with Crippen molar-refractivity contribution in [3.05, 3.63) is 95.6 Å². The van der Waals surface area contributed by atoms with Crippen LogP contribution in [0, 0.1) is 6.92 Å². The number of sulfonamides is 1. The van der Waals surface area contributed by atoms with Gasteiger partial charge in [-0.1, -0.05) is 74.5 Å². The number of anilines is 1. The third-order valence-corrected chi connectivity index (χ3v) is 8.34. The standard InChI is InChI=1S/C30H37N3O4S/c1-5-20-31-30(35)24(4)32(21-26-16-11-10-14-23(26)3)29(34)22-33(28-19-13-12-15-25(28)6-2)38(36,37)27-17-8-7-9-18-27/h7-19,24H,5-6,20-22H2,1-4H3,(H,31,35). The molecular weight excluding hydrogens is 498 g/mol. The summed E-state index contributed by atoms with van der Waals surface area (Å²) in [6.45, 7) is 7.76. The molecule has 202 valence electrons. The first-order chi connectivity index (χ1) is 18.2. The first kappa shape index (κ1) is 28.9. The van der Waals surface area contributed by atoms with Gasteiger partial charge in [-0.05, 0) is 61.6 Å². The number of nitrogens with one attached hydrogen (secondary N) is 1. The molecule has 0 spiro atoms. The minimum atomic E-state index is -4.07. The van der Waals surface area contributed by atoms with Crippen LogP contribution in [0.5, 0.6) is 0 Å². The Hall–Kier alpha value is -3.65. The minimum absolute atomic E-state index is 0.0953. The molecule has 0 bridgehead atoms. The Morgan fingerprint density at radius 2 is 1.47 bits per heavy atom. The first-order valence-electron chi connectivity index (χ1n) is 13.0. The van der Waals surface area contributed by atoms with Gasteiger partial charge in [-0.2, -0.15) is 0 Å².